The second-order valence-corrected chi connectivity index (χ2v) is 6.54. The number of phenols is 1. The summed E-state index contributed by atoms with van der Waals surface area (Å²) in [4.78, 5) is 12.0. The van der Waals surface area contributed by atoms with E-state index in [1.54, 1.807) is 18.2 Å². The molecule has 0 aliphatic heterocycles. The molecule has 0 atom stereocenters. The quantitative estimate of drug-likeness (QED) is 0.857. The zero-order valence-electron chi connectivity index (χ0n) is 13.5. The van der Waals surface area contributed by atoms with Crippen LogP contribution in [0.5, 0.6) is 5.75 Å². The van der Waals surface area contributed by atoms with Gasteiger partial charge in [-0.15, -0.1) is 0 Å². The van der Waals surface area contributed by atoms with Crippen molar-refractivity contribution >= 4 is 5.97 Å². The molecule has 0 amide bonds. The zero-order valence-corrected chi connectivity index (χ0v) is 13.5. The highest BCUT2D eigenvalue weighted by Gasteiger charge is 2.14. The topological polar surface area (TPSA) is 46.5 Å². The van der Waals surface area contributed by atoms with E-state index >= 15 is 0 Å². The number of hydrogen-bond donors (Lipinski definition) is 1. The zero-order chi connectivity index (χ0) is 16.3. The van der Waals surface area contributed by atoms with E-state index in [4.69, 9.17) is 4.74 Å². The average Bonchev–Trinajstić information content (AvgIpc) is 2.44. The third-order valence-electron chi connectivity index (χ3n) is 3.56. The Morgan fingerprint density at radius 2 is 1.73 bits per heavy atom. The average molecular weight is 298 g/mol. The van der Waals surface area contributed by atoms with Gasteiger partial charge in [-0.2, -0.15) is 0 Å². The molecule has 0 radical (unpaired) electrons. The van der Waals surface area contributed by atoms with Crippen LogP contribution >= 0.6 is 0 Å². The van der Waals surface area contributed by atoms with Crippen molar-refractivity contribution in [3.05, 3.63) is 64.7 Å². The molecule has 0 saturated carbocycles. The van der Waals surface area contributed by atoms with Crippen LogP contribution in [0.15, 0.2) is 42.5 Å². The number of carbonyl (C=O) groups excluding carboxylic acids is 1. The fourth-order valence-corrected chi connectivity index (χ4v) is 2.14. The van der Waals surface area contributed by atoms with Crippen LogP contribution < -0.4 is 0 Å². The lowest BCUT2D eigenvalue weighted by Gasteiger charge is -2.19. The van der Waals surface area contributed by atoms with E-state index < -0.39 is 5.97 Å². The van der Waals surface area contributed by atoms with E-state index in [-0.39, 0.29) is 23.3 Å². The number of aryl methyl sites for hydroxylation is 1. The first kappa shape index (κ1) is 16.1. The highest BCUT2D eigenvalue weighted by Crippen LogP contribution is 2.23. The fourth-order valence-electron chi connectivity index (χ4n) is 2.14. The standard InChI is InChI=1S/C19H22O3/c1-13-5-10-16(17(20)11-13)18(21)22-12-14-6-8-15(9-7-14)19(2,3)4/h5-11,20H,12H2,1-4H3. The minimum Gasteiger partial charge on any atom is -0.507 e. The lowest BCUT2D eigenvalue weighted by molar-refractivity contribution is 0.0469. The first-order valence-corrected chi connectivity index (χ1v) is 7.33. The number of carbonyl (C=O) groups is 1. The van der Waals surface area contributed by atoms with Crippen LogP contribution in [0.25, 0.3) is 0 Å². The van der Waals surface area contributed by atoms with Crippen molar-refractivity contribution in [1.29, 1.82) is 0 Å². The number of phenolic OH excluding ortho intramolecular Hbond substituents is 1. The van der Waals surface area contributed by atoms with E-state index in [0.717, 1.165) is 11.1 Å². The molecule has 3 nitrogen and oxygen atoms in total. The maximum absolute atomic E-state index is 12.0. The molecule has 0 aliphatic rings. The molecule has 0 unspecified atom stereocenters. The predicted octanol–water partition coefficient (Wildman–Crippen LogP) is 4.36. The number of aromatic hydroxyl groups is 1. The second kappa shape index (κ2) is 6.22. The van der Waals surface area contributed by atoms with Gasteiger partial charge in [-0.1, -0.05) is 51.1 Å². The first-order valence-electron chi connectivity index (χ1n) is 7.33. The summed E-state index contributed by atoms with van der Waals surface area (Å²) >= 11 is 0. The molecular weight excluding hydrogens is 276 g/mol. The van der Waals surface area contributed by atoms with Crippen LogP contribution in [0.1, 0.15) is 47.8 Å². The van der Waals surface area contributed by atoms with Gasteiger partial charge in [-0.3, -0.25) is 0 Å². The van der Waals surface area contributed by atoms with Crippen LogP contribution in [-0.4, -0.2) is 11.1 Å². The summed E-state index contributed by atoms with van der Waals surface area (Å²) in [5, 5.41) is 9.78. The Kier molecular flexibility index (Phi) is 4.55. The van der Waals surface area contributed by atoms with Crippen LogP contribution in [0.4, 0.5) is 0 Å². The molecule has 116 valence electrons. The van der Waals surface area contributed by atoms with Gasteiger partial charge in [0.1, 0.15) is 17.9 Å². The molecule has 0 fully saturated rings. The number of benzene rings is 2. The Bertz CT molecular complexity index is 664. The summed E-state index contributed by atoms with van der Waals surface area (Å²) in [6.07, 6.45) is 0. The van der Waals surface area contributed by atoms with E-state index in [1.807, 2.05) is 31.2 Å². The molecule has 0 spiro atoms. The minimum absolute atomic E-state index is 0.0481. The van der Waals surface area contributed by atoms with Crippen molar-refractivity contribution in [1.82, 2.24) is 0 Å². The van der Waals surface area contributed by atoms with E-state index in [0.29, 0.717) is 0 Å². The van der Waals surface area contributed by atoms with Crippen molar-refractivity contribution in [2.75, 3.05) is 0 Å². The maximum atomic E-state index is 12.0. The lowest BCUT2D eigenvalue weighted by Crippen LogP contribution is -2.11. The maximum Gasteiger partial charge on any atom is 0.342 e. The van der Waals surface area contributed by atoms with Gasteiger partial charge in [0.2, 0.25) is 0 Å². The second-order valence-electron chi connectivity index (χ2n) is 6.54. The number of esters is 1. The Labute approximate surface area is 131 Å². The number of hydrogen-bond acceptors (Lipinski definition) is 3. The molecule has 2 aromatic rings. The van der Waals surface area contributed by atoms with Gasteiger partial charge in [0.25, 0.3) is 0 Å². The lowest BCUT2D eigenvalue weighted by atomic mass is 9.87. The van der Waals surface area contributed by atoms with Gasteiger partial charge >= 0.3 is 5.97 Å². The van der Waals surface area contributed by atoms with Gasteiger partial charge in [0.05, 0.1) is 0 Å². The highest BCUT2D eigenvalue weighted by molar-refractivity contribution is 5.92. The third kappa shape index (κ3) is 3.88. The molecule has 22 heavy (non-hydrogen) atoms. The fraction of sp³-hybridized carbons (Fsp3) is 0.316. The molecule has 0 aliphatic carbocycles. The van der Waals surface area contributed by atoms with E-state index in [9.17, 15) is 9.90 Å². The van der Waals surface area contributed by atoms with E-state index in [2.05, 4.69) is 20.8 Å². The van der Waals surface area contributed by atoms with Crippen molar-refractivity contribution in [2.45, 2.75) is 39.7 Å². The van der Waals surface area contributed by atoms with Crippen LogP contribution in [-0.2, 0) is 16.8 Å². The van der Waals surface area contributed by atoms with Crippen molar-refractivity contribution in [2.24, 2.45) is 0 Å². The Balaban J connectivity index is 2.02. The molecule has 0 heterocycles. The number of ether oxygens (including phenoxy) is 1. The third-order valence-corrected chi connectivity index (χ3v) is 3.56. The Morgan fingerprint density at radius 1 is 1.09 bits per heavy atom. The molecule has 1 N–H and O–H groups in total. The Morgan fingerprint density at radius 3 is 2.27 bits per heavy atom. The van der Waals surface area contributed by atoms with Crippen LogP contribution in [0.2, 0.25) is 0 Å². The summed E-state index contributed by atoms with van der Waals surface area (Å²) in [6.45, 7) is 8.51. The van der Waals surface area contributed by atoms with Gasteiger partial charge in [-0.25, -0.2) is 4.79 Å². The normalized spacial score (nSPS) is 11.3. The van der Waals surface area contributed by atoms with Crippen molar-refractivity contribution < 1.29 is 14.6 Å². The molecule has 3 heteroatoms. The molecular formula is C19H22O3. The highest BCUT2D eigenvalue weighted by atomic mass is 16.5. The van der Waals surface area contributed by atoms with Crippen molar-refractivity contribution in [3.8, 4) is 5.75 Å². The van der Waals surface area contributed by atoms with Gasteiger partial charge in [0, 0.05) is 0 Å². The number of rotatable bonds is 3. The summed E-state index contributed by atoms with van der Waals surface area (Å²) in [7, 11) is 0. The van der Waals surface area contributed by atoms with Crippen molar-refractivity contribution in [3.63, 3.8) is 0 Å². The van der Waals surface area contributed by atoms with E-state index in [1.165, 1.54) is 5.56 Å². The molecule has 0 saturated heterocycles. The smallest absolute Gasteiger partial charge is 0.342 e. The summed E-state index contributed by atoms with van der Waals surface area (Å²) < 4.78 is 5.26. The minimum atomic E-state index is -0.516. The SMILES string of the molecule is Cc1ccc(C(=O)OCc2ccc(C(C)(C)C)cc2)c(O)c1. The molecule has 0 aromatic heterocycles. The van der Waals surface area contributed by atoms with Crippen LogP contribution in [0.3, 0.4) is 0 Å². The van der Waals surface area contributed by atoms with Gasteiger partial charge in [-0.05, 0) is 41.2 Å². The monoisotopic (exact) mass is 298 g/mol. The summed E-state index contributed by atoms with van der Waals surface area (Å²) in [5.74, 6) is -0.564. The molecule has 2 rings (SSSR count). The largest absolute Gasteiger partial charge is 0.507 e. The Hall–Kier alpha value is -2.29. The predicted molar refractivity (Wildman–Crippen MR) is 87.1 cm³/mol. The molecule has 2 aromatic carbocycles. The molecule has 0 bridgehead atoms. The van der Waals surface area contributed by atoms with Gasteiger partial charge < -0.3 is 9.84 Å². The summed E-state index contributed by atoms with van der Waals surface area (Å²) in [5.41, 5.74) is 3.35. The van der Waals surface area contributed by atoms with Crippen LogP contribution in [0, 0.1) is 6.92 Å². The van der Waals surface area contributed by atoms with Gasteiger partial charge in [0.15, 0.2) is 0 Å². The summed E-state index contributed by atoms with van der Waals surface area (Å²) in [6, 6.07) is 12.9. The first-order chi connectivity index (χ1) is 10.3.